The zero-order chi connectivity index (χ0) is 13.2. The van der Waals surface area contributed by atoms with Crippen LogP contribution in [-0.4, -0.2) is 23.6 Å². The maximum atomic E-state index is 4.61. The monoisotopic (exact) mass is 251 g/mol. The first-order valence-electron chi connectivity index (χ1n) is 6.54. The number of hydrogen-bond acceptors (Lipinski definition) is 2. The standard InChI is InChI=1S/C16H17N3/c1-3-19(2)13-10-8-12(9-11-13)16-17-14-6-4-5-7-15(14)18-16/h4-11H,3H2,1-2H3,(H,17,18). The second-order valence-corrected chi connectivity index (χ2v) is 4.66. The van der Waals surface area contributed by atoms with Crippen LogP contribution in [-0.2, 0) is 0 Å². The number of imidazole rings is 1. The molecule has 0 aliphatic carbocycles. The lowest BCUT2D eigenvalue weighted by molar-refractivity contribution is 0.968. The van der Waals surface area contributed by atoms with Gasteiger partial charge in [0.25, 0.3) is 0 Å². The minimum atomic E-state index is 0.923. The number of nitrogens with one attached hydrogen (secondary N) is 1. The first-order chi connectivity index (χ1) is 9.28. The van der Waals surface area contributed by atoms with Crippen LogP contribution in [0.15, 0.2) is 48.5 Å². The normalized spacial score (nSPS) is 10.8. The van der Waals surface area contributed by atoms with Crippen LogP contribution >= 0.6 is 0 Å². The zero-order valence-electron chi connectivity index (χ0n) is 11.2. The molecule has 0 atom stereocenters. The number of fused-ring (bicyclic) bond motifs is 1. The fourth-order valence-corrected chi connectivity index (χ4v) is 2.15. The molecule has 3 aromatic rings. The first-order valence-corrected chi connectivity index (χ1v) is 6.54. The van der Waals surface area contributed by atoms with Crippen LogP contribution in [0, 0.1) is 0 Å². The molecule has 0 saturated carbocycles. The minimum absolute atomic E-state index is 0.923. The Hall–Kier alpha value is -2.29. The van der Waals surface area contributed by atoms with Gasteiger partial charge in [0.1, 0.15) is 5.82 Å². The SMILES string of the molecule is CCN(C)c1ccc(-c2nc3ccccc3[nH]2)cc1. The van der Waals surface area contributed by atoms with Crippen LogP contribution in [0.25, 0.3) is 22.4 Å². The molecule has 3 nitrogen and oxygen atoms in total. The molecule has 2 aromatic carbocycles. The summed E-state index contributed by atoms with van der Waals surface area (Å²) in [7, 11) is 2.09. The molecule has 1 heterocycles. The van der Waals surface area contributed by atoms with Gasteiger partial charge in [-0.1, -0.05) is 12.1 Å². The molecule has 0 fully saturated rings. The van der Waals surface area contributed by atoms with Gasteiger partial charge >= 0.3 is 0 Å². The Morgan fingerprint density at radius 3 is 2.47 bits per heavy atom. The van der Waals surface area contributed by atoms with Gasteiger partial charge < -0.3 is 9.88 Å². The summed E-state index contributed by atoms with van der Waals surface area (Å²) in [6.45, 7) is 3.15. The van der Waals surface area contributed by atoms with E-state index < -0.39 is 0 Å². The van der Waals surface area contributed by atoms with E-state index in [0.717, 1.165) is 29.0 Å². The Balaban J connectivity index is 1.97. The first kappa shape index (κ1) is 11.8. The molecule has 3 heteroatoms. The van der Waals surface area contributed by atoms with Crippen LogP contribution in [0.4, 0.5) is 5.69 Å². The van der Waals surface area contributed by atoms with Gasteiger partial charge in [-0.05, 0) is 43.3 Å². The highest BCUT2D eigenvalue weighted by molar-refractivity contribution is 5.79. The van der Waals surface area contributed by atoms with Crippen molar-refractivity contribution in [2.75, 3.05) is 18.5 Å². The number of para-hydroxylation sites is 2. The molecule has 96 valence electrons. The molecule has 0 aliphatic rings. The Bertz CT molecular complexity index is 650. The molecule has 0 unspecified atom stereocenters. The average molecular weight is 251 g/mol. The van der Waals surface area contributed by atoms with E-state index >= 15 is 0 Å². The van der Waals surface area contributed by atoms with Crippen molar-refractivity contribution < 1.29 is 0 Å². The van der Waals surface area contributed by atoms with Crippen molar-refractivity contribution in [1.29, 1.82) is 0 Å². The number of nitrogens with zero attached hydrogens (tertiary/aromatic N) is 2. The second kappa shape index (κ2) is 4.76. The molecule has 1 aromatic heterocycles. The van der Waals surface area contributed by atoms with Crippen molar-refractivity contribution in [2.45, 2.75) is 6.92 Å². The Labute approximate surface area is 112 Å². The van der Waals surface area contributed by atoms with Crippen LogP contribution in [0.2, 0.25) is 0 Å². The summed E-state index contributed by atoms with van der Waals surface area (Å²) in [5, 5.41) is 0. The molecular formula is C16H17N3. The molecule has 0 amide bonds. The van der Waals surface area contributed by atoms with E-state index in [4.69, 9.17) is 0 Å². The molecule has 3 rings (SSSR count). The summed E-state index contributed by atoms with van der Waals surface area (Å²) in [6.07, 6.45) is 0. The Kier molecular flexibility index (Phi) is 2.95. The van der Waals surface area contributed by atoms with E-state index in [0.29, 0.717) is 0 Å². The Morgan fingerprint density at radius 2 is 1.79 bits per heavy atom. The largest absolute Gasteiger partial charge is 0.375 e. The third-order valence-electron chi connectivity index (χ3n) is 3.45. The highest BCUT2D eigenvalue weighted by atomic mass is 15.1. The van der Waals surface area contributed by atoms with Gasteiger partial charge in [0.05, 0.1) is 11.0 Å². The minimum Gasteiger partial charge on any atom is -0.375 e. The lowest BCUT2D eigenvalue weighted by Crippen LogP contribution is -2.15. The van der Waals surface area contributed by atoms with E-state index in [1.165, 1.54) is 5.69 Å². The number of aromatic amines is 1. The summed E-state index contributed by atoms with van der Waals surface area (Å²) in [5.41, 5.74) is 4.42. The Morgan fingerprint density at radius 1 is 1.05 bits per heavy atom. The summed E-state index contributed by atoms with van der Waals surface area (Å²) in [4.78, 5) is 10.2. The van der Waals surface area contributed by atoms with Crippen molar-refractivity contribution in [3.05, 3.63) is 48.5 Å². The smallest absolute Gasteiger partial charge is 0.138 e. The molecule has 0 saturated heterocycles. The molecular weight excluding hydrogens is 234 g/mol. The molecule has 1 N–H and O–H groups in total. The van der Waals surface area contributed by atoms with Gasteiger partial charge in [-0.15, -0.1) is 0 Å². The van der Waals surface area contributed by atoms with E-state index in [1.807, 2.05) is 24.3 Å². The topological polar surface area (TPSA) is 31.9 Å². The molecule has 0 bridgehead atoms. The van der Waals surface area contributed by atoms with Crippen molar-refractivity contribution >= 4 is 16.7 Å². The lowest BCUT2D eigenvalue weighted by Gasteiger charge is -2.16. The van der Waals surface area contributed by atoms with Gasteiger partial charge in [-0.3, -0.25) is 0 Å². The van der Waals surface area contributed by atoms with Crippen molar-refractivity contribution in [2.24, 2.45) is 0 Å². The second-order valence-electron chi connectivity index (χ2n) is 4.66. The zero-order valence-corrected chi connectivity index (χ0v) is 11.2. The van der Waals surface area contributed by atoms with Crippen molar-refractivity contribution in [3.8, 4) is 11.4 Å². The summed E-state index contributed by atoms with van der Waals surface area (Å²) >= 11 is 0. The average Bonchev–Trinajstić information content (AvgIpc) is 2.90. The summed E-state index contributed by atoms with van der Waals surface area (Å²) in [6, 6.07) is 16.6. The highest BCUT2D eigenvalue weighted by Gasteiger charge is 2.05. The van der Waals surface area contributed by atoms with Gasteiger partial charge in [0, 0.05) is 24.8 Å². The fraction of sp³-hybridized carbons (Fsp3) is 0.188. The molecule has 0 spiro atoms. The quantitative estimate of drug-likeness (QED) is 0.770. The van der Waals surface area contributed by atoms with E-state index in [1.54, 1.807) is 0 Å². The van der Waals surface area contributed by atoms with Gasteiger partial charge in [-0.2, -0.15) is 0 Å². The third kappa shape index (κ3) is 2.19. The number of hydrogen-bond donors (Lipinski definition) is 1. The number of benzene rings is 2. The van der Waals surface area contributed by atoms with Gasteiger partial charge in [-0.25, -0.2) is 4.98 Å². The summed E-state index contributed by atoms with van der Waals surface area (Å²) < 4.78 is 0. The number of rotatable bonds is 3. The van der Waals surface area contributed by atoms with Crippen LogP contribution in [0.1, 0.15) is 6.92 Å². The third-order valence-corrected chi connectivity index (χ3v) is 3.45. The number of H-pyrrole nitrogens is 1. The van der Waals surface area contributed by atoms with Gasteiger partial charge in [0.2, 0.25) is 0 Å². The van der Waals surface area contributed by atoms with Crippen LogP contribution in [0.5, 0.6) is 0 Å². The predicted molar refractivity (Wildman–Crippen MR) is 80.5 cm³/mol. The van der Waals surface area contributed by atoms with Crippen molar-refractivity contribution in [3.63, 3.8) is 0 Å². The molecule has 19 heavy (non-hydrogen) atoms. The van der Waals surface area contributed by atoms with E-state index in [-0.39, 0.29) is 0 Å². The lowest BCUT2D eigenvalue weighted by atomic mass is 10.2. The van der Waals surface area contributed by atoms with Crippen LogP contribution in [0.3, 0.4) is 0 Å². The fourth-order valence-electron chi connectivity index (χ4n) is 2.15. The van der Waals surface area contributed by atoms with E-state index in [9.17, 15) is 0 Å². The maximum absolute atomic E-state index is 4.61. The van der Waals surface area contributed by atoms with Crippen molar-refractivity contribution in [1.82, 2.24) is 9.97 Å². The van der Waals surface area contributed by atoms with Crippen LogP contribution < -0.4 is 4.90 Å². The predicted octanol–water partition coefficient (Wildman–Crippen LogP) is 3.69. The van der Waals surface area contributed by atoms with E-state index in [2.05, 4.69) is 53.1 Å². The molecule has 0 aliphatic heterocycles. The maximum Gasteiger partial charge on any atom is 0.138 e. The van der Waals surface area contributed by atoms with Gasteiger partial charge in [0.15, 0.2) is 0 Å². The number of aromatic nitrogens is 2. The highest BCUT2D eigenvalue weighted by Crippen LogP contribution is 2.22. The summed E-state index contributed by atoms with van der Waals surface area (Å²) in [5.74, 6) is 0.923. The molecule has 0 radical (unpaired) electrons. The number of anilines is 1.